The van der Waals surface area contributed by atoms with Gasteiger partial charge in [0.15, 0.2) is 0 Å². The molecule has 0 amide bonds. The lowest BCUT2D eigenvalue weighted by Crippen LogP contribution is -2.17. The molecule has 0 aliphatic carbocycles. The van der Waals surface area contributed by atoms with Crippen molar-refractivity contribution in [3.05, 3.63) is 29.3 Å². The predicted octanol–water partition coefficient (Wildman–Crippen LogP) is 1.67. The maximum atomic E-state index is 6.00. The number of rotatable bonds is 4. The van der Waals surface area contributed by atoms with E-state index in [0.29, 0.717) is 16.7 Å². The van der Waals surface area contributed by atoms with Crippen LogP contribution in [0.15, 0.2) is 24.3 Å². The number of ether oxygens (including phenoxy) is 1. The van der Waals surface area contributed by atoms with E-state index in [1.54, 1.807) is 43.3 Å². The van der Waals surface area contributed by atoms with E-state index in [9.17, 15) is 0 Å². The highest BCUT2D eigenvalue weighted by atomic mass is 35.5. The van der Waals surface area contributed by atoms with Crippen LogP contribution in [0, 0.1) is 0 Å². The number of hydrazine groups is 1. The van der Waals surface area contributed by atoms with E-state index in [4.69, 9.17) is 22.2 Å². The lowest BCUT2D eigenvalue weighted by Gasteiger charge is -2.12. The number of para-hydroxylation sites is 1. The van der Waals surface area contributed by atoms with Gasteiger partial charge in [-0.3, -0.25) is 5.43 Å². The molecule has 0 saturated carbocycles. The number of hydrogen-bond donors (Lipinski definition) is 2. The van der Waals surface area contributed by atoms with E-state index < -0.39 is 0 Å². The van der Waals surface area contributed by atoms with Gasteiger partial charge in [-0.1, -0.05) is 23.7 Å². The quantitative estimate of drug-likeness (QED) is 0.650. The number of halogens is 1. The number of nitrogens with two attached hydrogens (primary N) is 1. The molecule has 2 aromatic rings. The number of benzene rings is 1. The summed E-state index contributed by atoms with van der Waals surface area (Å²) >= 11 is 6.00. The van der Waals surface area contributed by atoms with Crippen LogP contribution in [0.5, 0.6) is 11.8 Å². The fourth-order valence-corrected chi connectivity index (χ4v) is 1.46. The van der Waals surface area contributed by atoms with Crippen molar-refractivity contribution < 1.29 is 4.74 Å². The third kappa shape index (κ3) is 3.21. The second kappa shape index (κ2) is 5.68. The van der Waals surface area contributed by atoms with E-state index in [2.05, 4.69) is 20.4 Å². The van der Waals surface area contributed by atoms with Crippen molar-refractivity contribution >= 4 is 23.5 Å². The van der Waals surface area contributed by atoms with Crippen LogP contribution in [0.1, 0.15) is 0 Å². The summed E-state index contributed by atoms with van der Waals surface area (Å²) in [5, 5.41) is 0.469. The standard InChI is InChI=1S/C11H13ClN6O/c1-18(2)10-14-9(17-13)15-11(16-10)19-8-6-4-3-5-7(8)12/h3-6H,13H2,1-2H3,(H,14,15,16,17). The molecule has 0 spiro atoms. The molecular formula is C11H13ClN6O. The molecule has 0 aliphatic heterocycles. The van der Waals surface area contributed by atoms with Gasteiger partial charge in [0, 0.05) is 14.1 Å². The summed E-state index contributed by atoms with van der Waals surface area (Å²) < 4.78 is 5.53. The minimum atomic E-state index is 0.111. The van der Waals surface area contributed by atoms with Gasteiger partial charge in [-0.05, 0) is 12.1 Å². The van der Waals surface area contributed by atoms with Gasteiger partial charge in [0.2, 0.25) is 11.9 Å². The van der Waals surface area contributed by atoms with Crippen LogP contribution in [0.3, 0.4) is 0 Å². The van der Waals surface area contributed by atoms with Gasteiger partial charge in [-0.25, -0.2) is 5.84 Å². The van der Waals surface area contributed by atoms with Crippen molar-refractivity contribution in [3.8, 4) is 11.8 Å². The second-order valence-electron chi connectivity index (χ2n) is 3.81. The molecule has 0 radical (unpaired) electrons. The minimum Gasteiger partial charge on any atom is -0.423 e. The topological polar surface area (TPSA) is 89.2 Å². The van der Waals surface area contributed by atoms with Crippen LogP contribution in [0.4, 0.5) is 11.9 Å². The lowest BCUT2D eigenvalue weighted by molar-refractivity contribution is 0.441. The lowest BCUT2D eigenvalue weighted by atomic mass is 10.3. The van der Waals surface area contributed by atoms with Gasteiger partial charge in [0.1, 0.15) is 5.75 Å². The summed E-state index contributed by atoms with van der Waals surface area (Å²) in [4.78, 5) is 13.9. The average molecular weight is 281 g/mol. The Labute approximate surface area is 115 Å². The zero-order valence-corrected chi connectivity index (χ0v) is 11.2. The molecule has 19 heavy (non-hydrogen) atoms. The minimum absolute atomic E-state index is 0.111. The van der Waals surface area contributed by atoms with Crippen LogP contribution >= 0.6 is 11.6 Å². The average Bonchev–Trinajstić information content (AvgIpc) is 2.41. The highest BCUT2D eigenvalue weighted by molar-refractivity contribution is 6.32. The SMILES string of the molecule is CN(C)c1nc(NN)nc(Oc2ccccc2Cl)n1. The molecule has 0 atom stereocenters. The first-order chi connectivity index (χ1) is 9.10. The highest BCUT2D eigenvalue weighted by Gasteiger charge is 2.10. The van der Waals surface area contributed by atoms with E-state index in [1.807, 2.05) is 0 Å². The van der Waals surface area contributed by atoms with Gasteiger partial charge < -0.3 is 9.64 Å². The van der Waals surface area contributed by atoms with Crippen molar-refractivity contribution in [1.29, 1.82) is 0 Å². The predicted molar refractivity (Wildman–Crippen MR) is 73.5 cm³/mol. The molecule has 7 nitrogen and oxygen atoms in total. The molecule has 1 heterocycles. The number of hydrogen-bond acceptors (Lipinski definition) is 7. The van der Waals surface area contributed by atoms with Crippen LogP contribution in [0.25, 0.3) is 0 Å². The Kier molecular flexibility index (Phi) is 3.98. The summed E-state index contributed by atoms with van der Waals surface area (Å²) in [6, 6.07) is 7.15. The molecular weight excluding hydrogens is 268 g/mol. The van der Waals surface area contributed by atoms with Crippen molar-refractivity contribution in [1.82, 2.24) is 15.0 Å². The number of anilines is 2. The maximum Gasteiger partial charge on any atom is 0.328 e. The molecule has 0 fully saturated rings. The van der Waals surface area contributed by atoms with E-state index in [-0.39, 0.29) is 12.0 Å². The van der Waals surface area contributed by atoms with Crippen molar-refractivity contribution in [2.75, 3.05) is 24.4 Å². The normalized spacial score (nSPS) is 10.1. The number of nitrogens with one attached hydrogen (secondary N) is 1. The molecule has 2 rings (SSSR count). The molecule has 0 bridgehead atoms. The van der Waals surface area contributed by atoms with E-state index >= 15 is 0 Å². The fraction of sp³-hybridized carbons (Fsp3) is 0.182. The van der Waals surface area contributed by atoms with Crippen LogP contribution < -0.4 is 20.9 Å². The summed E-state index contributed by atoms with van der Waals surface area (Å²) in [6.45, 7) is 0. The van der Waals surface area contributed by atoms with Crippen LogP contribution in [-0.2, 0) is 0 Å². The van der Waals surface area contributed by atoms with Gasteiger partial charge in [0.25, 0.3) is 0 Å². The first kappa shape index (κ1) is 13.3. The summed E-state index contributed by atoms with van der Waals surface area (Å²) in [5.74, 6) is 6.40. The maximum absolute atomic E-state index is 6.00. The van der Waals surface area contributed by atoms with Gasteiger partial charge >= 0.3 is 6.01 Å². The van der Waals surface area contributed by atoms with Crippen LogP contribution in [-0.4, -0.2) is 29.0 Å². The smallest absolute Gasteiger partial charge is 0.328 e. The Morgan fingerprint density at radius 2 is 1.95 bits per heavy atom. The zero-order chi connectivity index (χ0) is 13.8. The number of aromatic nitrogens is 3. The molecule has 0 saturated heterocycles. The Morgan fingerprint density at radius 1 is 1.21 bits per heavy atom. The number of nitrogen functional groups attached to an aromatic ring is 1. The summed E-state index contributed by atoms with van der Waals surface area (Å²) in [5.41, 5.74) is 2.36. The monoisotopic (exact) mass is 280 g/mol. The summed E-state index contributed by atoms with van der Waals surface area (Å²) in [6.07, 6.45) is 0. The van der Waals surface area contributed by atoms with Crippen LogP contribution in [0.2, 0.25) is 5.02 Å². The van der Waals surface area contributed by atoms with Crippen molar-refractivity contribution in [2.45, 2.75) is 0 Å². The molecule has 1 aromatic heterocycles. The third-order valence-corrected chi connectivity index (χ3v) is 2.48. The zero-order valence-electron chi connectivity index (χ0n) is 10.5. The fourth-order valence-electron chi connectivity index (χ4n) is 1.28. The Bertz CT molecular complexity index is 577. The van der Waals surface area contributed by atoms with Crippen molar-refractivity contribution in [3.63, 3.8) is 0 Å². The van der Waals surface area contributed by atoms with E-state index in [1.165, 1.54) is 0 Å². The van der Waals surface area contributed by atoms with E-state index in [0.717, 1.165) is 0 Å². The van der Waals surface area contributed by atoms with Gasteiger partial charge in [-0.2, -0.15) is 15.0 Å². The first-order valence-electron chi connectivity index (χ1n) is 5.42. The Balaban J connectivity index is 2.34. The van der Waals surface area contributed by atoms with Gasteiger partial charge in [-0.15, -0.1) is 0 Å². The molecule has 1 aromatic carbocycles. The van der Waals surface area contributed by atoms with Crippen molar-refractivity contribution in [2.24, 2.45) is 5.84 Å². The Hall–Kier alpha value is -2.12. The highest BCUT2D eigenvalue weighted by Crippen LogP contribution is 2.27. The molecule has 100 valence electrons. The Morgan fingerprint density at radius 3 is 2.58 bits per heavy atom. The second-order valence-corrected chi connectivity index (χ2v) is 4.22. The molecule has 0 unspecified atom stereocenters. The summed E-state index contributed by atoms with van der Waals surface area (Å²) in [7, 11) is 3.60. The van der Waals surface area contributed by atoms with Gasteiger partial charge in [0.05, 0.1) is 5.02 Å². The largest absolute Gasteiger partial charge is 0.423 e. The first-order valence-corrected chi connectivity index (χ1v) is 5.80. The number of nitrogens with zero attached hydrogens (tertiary/aromatic N) is 4. The molecule has 0 aliphatic rings. The molecule has 3 N–H and O–H groups in total. The third-order valence-electron chi connectivity index (χ3n) is 2.17. The molecule has 8 heteroatoms.